The molecule has 35 heavy (non-hydrogen) atoms. The summed E-state index contributed by atoms with van der Waals surface area (Å²) in [5.74, 6) is 0.0332. The van der Waals surface area contributed by atoms with Gasteiger partial charge < -0.3 is 14.4 Å². The molecule has 0 saturated heterocycles. The van der Waals surface area contributed by atoms with Gasteiger partial charge in [0.2, 0.25) is 5.13 Å². The Morgan fingerprint density at radius 3 is 2.63 bits per heavy atom. The SMILES string of the molecule is COc1cc(C(=O)Nc2nnc(-c3ccncc3F)s2)ccc1OC(CN(C)C)c1ccccc1. The van der Waals surface area contributed by atoms with Crippen LogP contribution >= 0.6 is 11.3 Å². The molecule has 0 saturated carbocycles. The van der Waals surface area contributed by atoms with Crippen LogP contribution in [0, 0.1) is 5.82 Å². The predicted octanol–water partition coefficient (Wildman–Crippen LogP) is 4.68. The van der Waals surface area contributed by atoms with Gasteiger partial charge in [0.1, 0.15) is 6.10 Å². The molecular weight excluding hydrogens is 469 g/mol. The highest BCUT2D eigenvalue weighted by molar-refractivity contribution is 7.18. The lowest BCUT2D eigenvalue weighted by Gasteiger charge is -2.24. The molecule has 180 valence electrons. The number of likely N-dealkylation sites (N-methyl/N-ethyl adjacent to an activating group) is 1. The van der Waals surface area contributed by atoms with Crippen LogP contribution in [0.1, 0.15) is 22.0 Å². The number of carbonyl (C=O) groups excluding carboxylic acids is 1. The molecule has 2 aromatic heterocycles. The van der Waals surface area contributed by atoms with E-state index in [0.29, 0.717) is 28.6 Å². The van der Waals surface area contributed by atoms with E-state index >= 15 is 0 Å². The molecule has 4 aromatic rings. The molecule has 0 fully saturated rings. The number of amides is 1. The molecule has 0 aliphatic carbocycles. The first-order chi connectivity index (χ1) is 16.9. The highest BCUT2D eigenvalue weighted by Gasteiger charge is 2.19. The third kappa shape index (κ3) is 5.97. The Hall–Kier alpha value is -3.89. The summed E-state index contributed by atoms with van der Waals surface area (Å²) in [4.78, 5) is 18.6. The van der Waals surface area contributed by atoms with Gasteiger partial charge in [0.15, 0.2) is 22.3 Å². The van der Waals surface area contributed by atoms with E-state index in [1.54, 1.807) is 18.2 Å². The number of nitrogens with zero attached hydrogens (tertiary/aromatic N) is 4. The van der Waals surface area contributed by atoms with Crippen LogP contribution in [0.25, 0.3) is 10.6 Å². The van der Waals surface area contributed by atoms with Crippen LogP contribution in [0.3, 0.4) is 0 Å². The van der Waals surface area contributed by atoms with E-state index in [4.69, 9.17) is 9.47 Å². The van der Waals surface area contributed by atoms with Crippen LogP contribution < -0.4 is 14.8 Å². The van der Waals surface area contributed by atoms with Crippen LogP contribution in [0.2, 0.25) is 0 Å². The van der Waals surface area contributed by atoms with E-state index in [1.807, 2.05) is 49.3 Å². The third-order valence-corrected chi connectivity index (χ3v) is 5.92. The van der Waals surface area contributed by atoms with Gasteiger partial charge in [-0.3, -0.25) is 15.1 Å². The zero-order chi connectivity index (χ0) is 24.8. The van der Waals surface area contributed by atoms with Crippen LogP contribution in [-0.4, -0.2) is 53.7 Å². The normalized spacial score (nSPS) is 11.8. The molecule has 8 nitrogen and oxygen atoms in total. The summed E-state index contributed by atoms with van der Waals surface area (Å²) in [7, 11) is 5.48. The number of methoxy groups -OCH3 is 1. The lowest BCUT2D eigenvalue weighted by Crippen LogP contribution is -2.24. The van der Waals surface area contributed by atoms with Crippen molar-refractivity contribution in [2.24, 2.45) is 0 Å². The number of ether oxygens (including phenoxy) is 2. The number of aromatic nitrogens is 3. The average molecular weight is 494 g/mol. The lowest BCUT2D eigenvalue weighted by molar-refractivity contribution is 0.102. The maximum atomic E-state index is 14.0. The number of hydrogen-bond acceptors (Lipinski definition) is 8. The Labute approximate surface area is 206 Å². The summed E-state index contributed by atoms with van der Waals surface area (Å²) in [6.45, 7) is 0.660. The van der Waals surface area contributed by atoms with E-state index in [0.717, 1.165) is 23.1 Å². The molecule has 1 atom stereocenters. The van der Waals surface area contributed by atoms with E-state index in [-0.39, 0.29) is 16.8 Å². The second-order valence-corrected chi connectivity index (χ2v) is 8.84. The van der Waals surface area contributed by atoms with Crippen molar-refractivity contribution in [2.75, 3.05) is 33.1 Å². The van der Waals surface area contributed by atoms with Gasteiger partial charge in [-0.25, -0.2) is 4.39 Å². The third-order valence-electron chi connectivity index (χ3n) is 5.05. The van der Waals surface area contributed by atoms with Gasteiger partial charge in [-0.1, -0.05) is 41.7 Å². The van der Waals surface area contributed by atoms with Gasteiger partial charge in [0.25, 0.3) is 5.91 Å². The van der Waals surface area contributed by atoms with Gasteiger partial charge in [0, 0.05) is 18.3 Å². The van der Waals surface area contributed by atoms with E-state index in [2.05, 4.69) is 20.5 Å². The summed E-state index contributed by atoms with van der Waals surface area (Å²) < 4.78 is 25.8. The number of anilines is 1. The molecule has 4 rings (SSSR count). The number of pyridine rings is 1. The Balaban J connectivity index is 1.51. The number of nitrogens with one attached hydrogen (secondary N) is 1. The van der Waals surface area contributed by atoms with Crippen molar-refractivity contribution in [3.05, 3.63) is 83.9 Å². The molecule has 10 heteroatoms. The molecule has 1 amide bonds. The Morgan fingerprint density at radius 2 is 1.91 bits per heavy atom. The second-order valence-electron chi connectivity index (χ2n) is 7.87. The molecule has 0 bridgehead atoms. The summed E-state index contributed by atoms with van der Waals surface area (Å²) in [6.07, 6.45) is 2.34. The van der Waals surface area contributed by atoms with Crippen molar-refractivity contribution < 1.29 is 18.7 Å². The standard InChI is InChI=1S/C25H24FN5O3S/c1-31(2)15-22(16-7-5-4-6-8-16)34-20-10-9-17(13-21(20)33-3)23(32)28-25-30-29-24(35-25)18-11-12-27-14-19(18)26/h4-14,22H,15H2,1-3H3,(H,28,30,32). The number of carbonyl (C=O) groups is 1. The van der Waals surface area contributed by atoms with Crippen molar-refractivity contribution in [3.8, 4) is 22.1 Å². The molecule has 1 N–H and O–H groups in total. The van der Waals surface area contributed by atoms with Gasteiger partial charge in [0.05, 0.1) is 18.9 Å². The number of halogens is 1. The quantitative estimate of drug-likeness (QED) is 0.362. The summed E-state index contributed by atoms with van der Waals surface area (Å²) >= 11 is 1.07. The van der Waals surface area contributed by atoms with Crippen molar-refractivity contribution in [1.29, 1.82) is 0 Å². The van der Waals surface area contributed by atoms with Crippen molar-refractivity contribution in [3.63, 3.8) is 0 Å². The topological polar surface area (TPSA) is 89.5 Å². The number of rotatable bonds is 9. The Morgan fingerprint density at radius 1 is 1.11 bits per heavy atom. The monoisotopic (exact) mass is 493 g/mol. The Kier molecular flexibility index (Phi) is 7.64. The molecule has 2 heterocycles. The van der Waals surface area contributed by atoms with Crippen molar-refractivity contribution in [1.82, 2.24) is 20.1 Å². The maximum absolute atomic E-state index is 14.0. The summed E-state index contributed by atoms with van der Waals surface area (Å²) in [6, 6.07) is 16.4. The minimum absolute atomic E-state index is 0.229. The summed E-state index contributed by atoms with van der Waals surface area (Å²) in [5, 5.41) is 11.2. The average Bonchev–Trinajstić information content (AvgIpc) is 3.32. The zero-order valence-corrected chi connectivity index (χ0v) is 20.3. The molecule has 0 radical (unpaired) electrons. The fourth-order valence-corrected chi connectivity index (χ4v) is 4.14. The zero-order valence-electron chi connectivity index (χ0n) is 19.4. The predicted molar refractivity (Wildman–Crippen MR) is 132 cm³/mol. The molecule has 0 aliphatic rings. The highest BCUT2D eigenvalue weighted by Crippen LogP contribution is 2.33. The largest absolute Gasteiger partial charge is 0.493 e. The number of benzene rings is 2. The fourth-order valence-electron chi connectivity index (χ4n) is 3.37. The minimum atomic E-state index is -0.509. The van der Waals surface area contributed by atoms with E-state index < -0.39 is 11.7 Å². The first-order valence-corrected chi connectivity index (χ1v) is 11.6. The molecule has 2 aromatic carbocycles. The first-order valence-electron chi connectivity index (χ1n) is 10.7. The summed E-state index contributed by atoms with van der Waals surface area (Å²) in [5.41, 5.74) is 1.65. The molecule has 0 spiro atoms. The van der Waals surface area contributed by atoms with E-state index in [9.17, 15) is 9.18 Å². The highest BCUT2D eigenvalue weighted by atomic mass is 32.1. The van der Waals surface area contributed by atoms with Gasteiger partial charge in [-0.05, 0) is 43.9 Å². The molecular formula is C25H24FN5O3S. The first kappa shape index (κ1) is 24.2. The lowest BCUT2D eigenvalue weighted by atomic mass is 10.1. The van der Waals surface area contributed by atoms with Gasteiger partial charge in [-0.2, -0.15) is 0 Å². The molecule has 1 unspecified atom stereocenters. The van der Waals surface area contributed by atoms with Crippen LogP contribution in [-0.2, 0) is 0 Å². The molecule has 0 aliphatic heterocycles. The van der Waals surface area contributed by atoms with Crippen molar-refractivity contribution in [2.45, 2.75) is 6.10 Å². The smallest absolute Gasteiger partial charge is 0.257 e. The van der Waals surface area contributed by atoms with Gasteiger partial charge in [-0.15, -0.1) is 10.2 Å². The van der Waals surface area contributed by atoms with Gasteiger partial charge >= 0.3 is 0 Å². The van der Waals surface area contributed by atoms with E-state index in [1.165, 1.54) is 19.4 Å². The minimum Gasteiger partial charge on any atom is -0.493 e. The van der Waals surface area contributed by atoms with Crippen LogP contribution in [0.5, 0.6) is 11.5 Å². The van der Waals surface area contributed by atoms with Crippen molar-refractivity contribution >= 4 is 22.4 Å². The van der Waals surface area contributed by atoms with Crippen LogP contribution in [0.15, 0.2) is 67.0 Å². The Bertz CT molecular complexity index is 1300. The fraction of sp³-hybridized carbons (Fsp3) is 0.200. The van der Waals surface area contributed by atoms with Crippen LogP contribution in [0.4, 0.5) is 9.52 Å². The maximum Gasteiger partial charge on any atom is 0.257 e. The number of hydrogen-bond donors (Lipinski definition) is 1. The second kappa shape index (κ2) is 11.0.